The van der Waals surface area contributed by atoms with Crippen LogP contribution in [0.3, 0.4) is 0 Å². The molecule has 1 saturated heterocycles. The van der Waals surface area contributed by atoms with Gasteiger partial charge in [-0.25, -0.2) is 0 Å². The molecule has 29 heavy (non-hydrogen) atoms. The molecular formula is C21H17BrN2O4S. The molecule has 1 aliphatic heterocycles. The highest BCUT2D eigenvalue weighted by Crippen LogP contribution is 2.34. The Labute approximate surface area is 181 Å². The summed E-state index contributed by atoms with van der Waals surface area (Å²) in [6, 6.07) is 14.7. The molecule has 0 atom stereocenters. The lowest BCUT2D eigenvalue weighted by atomic mass is 10.2. The molecule has 8 heteroatoms. The largest absolute Gasteiger partial charge is 0.492 e. The number of hydrogen-bond donors (Lipinski definition) is 0. The molecule has 148 valence electrons. The minimum atomic E-state index is -0.376. The molecule has 0 unspecified atom stereocenters. The van der Waals surface area contributed by atoms with Crippen LogP contribution in [0.1, 0.15) is 11.1 Å². The smallest absolute Gasteiger partial charge is 0.293 e. The highest BCUT2D eigenvalue weighted by atomic mass is 79.9. The van der Waals surface area contributed by atoms with Gasteiger partial charge in [0, 0.05) is 10.0 Å². The predicted octanol–water partition coefficient (Wildman–Crippen LogP) is 4.78. The normalized spacial score (nSPS) is 14.9. The van der Waals surface area contributed by atoms with Crippen molar-refractivity contribution in [1.82, 2.24) is 4.90 Å². The zero-order valence-corrected chi connectivity index (χ0v) is 18.0. The molecule has 2 amide bonds. The van der Waals surface area contributed by atoms with Crippen molar-refractivity contribution in [3.8, 4) is 17.6 Å². The first-order valence-corrected chi connectivity index (χ1v) is 10.3. The Bertz CT molecular complexity index is 1020. The Morgan fingerprint density at radius 3 is 2.79 bits per heavy atom. The van der Waals surface area contributed by atoms with Crippen molar-refractivity contribution in [1.29, 1.82) is 5.26 Å². The summed E-state index contributed by atoms with van der Waals surface area (Å²) >= 11 is 4.25. The molecule has 3 rings (SSSR count). The maximum Gasteiger partial charge on any atom is 0.293 e. The molecule has 0 bridgehead atoms. The lowest BCUT2D eigenvalue weighted by molar-refractivity contribution is -0.123. The molecule has 0 aliphatic carbocycles. The van der Waals surface area contributed by atoms with Crippen molar-refractivity contribution < 1.29 is 19.1 Å². The van der Waals surface area contributed by atoms with Crippen molar-refractivity contribution in [2.45, 2.75) is 6.92 Å². The van der Waals surface area contributed by atoms with E-state index in [1.54, 1.807) is 24.3 Å². The summed E-state index contributed by atoms with van der Waals surface area (Å²) in [6.07, 6.45) is 1.60. The summed E-state index contributed by atoms with van der Waals surface area (Å²) < 4.78 is 11.8. The van der Waals surface area contributed by atoms with Gasteiger partial charge in [-0.3, -0.25) is 14.5 Å². The number of amides is 2. The molecule has 6 nitrogen and oxygen atoms in total. The number of carbonyl (C=O) groups excluding carboxylic acids is 2. The third-order valence-corrected chi connectivity index (χ3v) is 5.40. The SMILES string of the molecule is Cc1cccc(OCCN2C(=O)S/C(=C\c3cc(Br)ccc3OCC#N)C2=O)c1. The van der Waals surface area contributed by atoms with Crippen LogP contribution in [0.25, 0.3) is 6.08 Å². The number of carbonyl (C=O) groups is 2. The van der Waals surface area contributed by atoms with Gasteiger partial charge in [-0.05, 0) is 60.7 Å². The van der Waals surface area contributed by atoms with Gasteiger partial charge in [0.1, 0.15) is 24.2 Å². The molecule has 1 fully saturated rings. The van der Waals surface area contributed by atoms with E-state index in [2.05, 4.69) is 15.9 Å². The van der Waals surface area contributed by atoms with Crippen LogP contribution in [0.15, 0.2) is 51.8 Å². The second kappa shape index (κ2) is 9.63. The summed E-state index contributed by atoms with van der Waals surface area (Å²) in [5, 5.41) is 8.38. The number of halogens is 1. The van der Waals surface area contributed by atoms with Crippen molar-refractivity contribution in [3.63, 3.8) is 0 Å². The van der Waals surface area contributed by atoms with Crippen LogP contribution in [0, 0.1) is 18.3 Å². The Hall–Kier alpha value is -2.76. The number of rotatable bonds is 7. The molecule has 0 spiro atoms. The fourth-order valence-corrected chi connectivity index (χ4v) is 3.90. The summed E-state index contributed by atoms with van der Waals surface area (Å²) in [4.78, 5) is 26.4. The van der Waals surface area contributed by atoms with E-state index in [4.69, 9.17) is 14.7 Å². The zero-order valence-electron chi connectivity index (χ0n) is 15.6. The fourth-order valence-electron chi connectivity index (χ4n) is 2.67. The van der Waals surface area contributed by atoms with Gasteiger partial charge in [-0.2, -0.15) is 5.26 Å². The highest BCUT2D eigenvalue weighted by Gasteiger charge is 2.35. The predicted molar refractivity (Wildman–Crippen MR) is 115 cm³/mol. The molecule has 0 radical (unpaired) electrons. The summed E-state index contributed by atoms with van der Waals surface area (Å²) in [7, 11) is 0. The van der Waals surface area contributed by atoms with E-state index >= 15 is 0 Å². The molecule has 1 aliphatic rings. The van der Waals surface area contributed by atoms with E-state index in [1.165, 1.54) is 4.90 Å². The summed E-state index contributed by atoms with van der Waals surface area (Å²) in [6.45, 7) is 2.22. The Morgan fingerprint density at radius 2 is 2.03 bits per heavy atom. The Morgan fingerprint density at radius 1 is 1.21 bits per heavy atom. The second-order valence-corrected chi connectivity index (χ2v) is 8.04. The molecular weight excluding hydrogens is 456 g/mol. The minimum absolute atomic E-state index is 0.111. The quantitative estimate of drug-likeness (QED) is 0.539. The van der Waals surface area contributed by atoms with E-state index in [0.29, 0.717) is 22.0 Å². The Kier molecular flexibility index (Phi) is 6.96. The van der Waals surface area contributed by atoms with Crippen LogP contribution in [0.5, 0.6) is 11.5 Å². The van der Waals surface area contributed by atoms with Gasteiger partial charge in [-0.1, -0.05) is 28.1 Å². The van der Waals surface area contributed by atoms with E-state index < -0.39 is 0 Å². The van der Waals surface area contributed by atoms with Gasteiger partial charge in [0.25, 0.3) is 11.1 Å². The third kappa shape index (κ3) is 5.40. The van der Waals surface area contributed by atoms with Crippen molar-refractivity contribution in [2.75, 3.05) is 19.8 Å². The van der Waals surface area contributed by atoms with Crippen molar-refractivity contribution in [2.24, 2.45) is 0 Å². The van der Waals surface area contributed by atoms with Gasteiger partial charge in [0.15, 0.2) is 6.61 Å². The molecule has 0 N–H and O–H groups in total. The van der Waals surface area contributed by atoms with Crippen LogP contribution < -0.4 is 9.47 Å². The first-order valence-electron chi connectivity index (χ1n) is 8.72. The summed E-state index contributed by atoms with van der Waals surface area (Å²) in [5.74, 6) is 0.782. The first kappa shape index (κ1) is 21.0. The van der Waals surface area contributed by atoms with Crippen LogP contribution in [0.2, 0.25) is 0 Å². The first-order chi connectivity index (χ1) is 14.0. The maximum atomic E-state index is 12.7. The van der Waals surface area contributed by atoms with Crippen LogP contribution in [0.4, 0.5) is 4.79 Å². The molecule has 2 aromatic rings. The number of aryl methyl sites for hydroxylation is 1. The zero-order chi connectivity index (χ0) is 20.8. The van der Waals surface area contributed by atoms with Crippen LogP contribution in [-0.2, 0) is 4.79 Å². The molecule has 2 aromatic carbocycles. The van der Waals surface area contributed by atoms with E-state index in [1.807, 2.05) is 37.3 Å². The van der Waals surface area contributed by atoms with Crippen LogP contribution >= 0.6 is 27.7 Å². The van der Waals surface area contributed by atoms with E-state index in [-0.39, 0.29) is 30.9 Å². The topological polar surface area (TPSA) is 79.6 Å². The molecule has 1 heterocycles. The number of hydrogen-bond acceptors (Lipinski definition) is 6. The van der Waals surface area contributed by atoms with Gasteiger partial charge >= 0.3 is 0 Å². The fraction of sp³-hybridized carbons (Fsp3) is 0.190. The van der Waals surface area contributed by atoms with Gasteiger partial charge < -0.3 is 9.47 Å². The number of ether oxygens (including phenoxy) is 2. The van der Waals surface area contributed by atoms with E-state index in [0.717, 1.165) is 21.8 Å². The third-order valence-electron chi connectivity index (χ3n) is 4.00. The average molecular weight is 473 g/mol. The van der Waals surface area contributed by atoms with Gasteiger partial charge in [0.2, 0.25) is 0 Å². The number of imide groups is 1. The van der Waals surface area contributed by atoms with Gasteiger partial charge in [-0.15, -0.1) is 0 Å². The maximum absolute atomic E-state index is 12.7. The van der Waals surface area contributed by atoms with Crippen LogP contribution in [-0.4, -0.2) is 35.8 Å². The minimum Gasteiger partial charge on any atom is -0.492 e. The molecule has 0 aromatic heterocycles. The number of thioether (sulfide) groups is 1. The summed E-state index contributed by atoms with van der Waals surface area (Å²) in [5.41, 5.74) is 1.68. The number of nitriles is 1. The van der Waals surface area contributed by atoms with Crippen molar-refractivity contribution >= 4 is 44.9 Å². The monoisotopic (exact) mass is 472 g/mol. The molecule has 0 saturated carbocycles. The number of benzene rings is 2. The standard InChI is InChI=1S/C21H17BrN2O4S/c1-14-3-2-4-17(11-14)27-10-8-24-20(25)19(29-21(24)26)13-15-12-16(22)5-6-18(15)28-9-7-23/h2-6,11-13H,8-10H2,1H3/b19-13-. The average Bonchev–Trinajstić information content (AvgIpc) is 2.95. The number of nitrogens with zero attached hydrogens (tertiary/aromatic N) is 2. The highest BCUT2D eigenvalue weighted by molar-refractivity contribution is 9.10. The second-order valence-electron chi connectivity index (χ2n) is 6.13. The Balaban J connectivity index is 1.70. The lowest BCUT2D eigenvalue weighted by Gasteiger charge is -2.13. The van der Waals surface area contributed by atoms with Gasteiger partial charge in [0.05, 0.1) is 11.4 Å². The lowest BCUT2D eigenvalue weighted by Crippen LogP contribution is -2.32. The van der Waals surface area contributed by atoms with Crippen molar-refractivity contribution in [3.05, 3.63) is 63.0 Å². The van der Waals surface area contributed by atoms with E-state index in [9.17, 15) is 9.59 Å².